The van der Waals surface area contributed by atoms with Gasteiger partial charge >= 0.3 is 0 Å². The predicted molar refractivity (Wildman–Crippen MR) is 71.0 cm³/mol. The predicted octanol–water partition coefficient (Wildman–Crippen LogP) is 2.12. The molecule has 1 N–H and O–H groups in total. The summed E-state index contributed by atoms with van der Waals surface area (Å²) in [6.45, 7) is 13.0. The first-order chi connectivity index (χ1) is 7.71. The fourth-order valence-electron chi connectivity index (χ4n) is 2.07. The van der Waals surface area contributed by atoms with Gasteiger partial charge in [0, 0.05) is 25.7 Å². The third kappa shape index (κ3) is 5.83. The number of likely N-dealkylation sites (N-methyl/N-ethyl adjacent to an activating group) is 1. The van der Waals surface area contributed by atoms with Crippen molar-refractivity contribution in [3.63, 3.8) is 0 Å². The van der Waals surface area contributed by atoms with Crippen LogP contribution in [0.1, 0.15) is 40.5 Å². The van der Waals surface area contributed by atoms with Gasteiger partial charge in [-0.15, -0.1) is 0 Å². The molecule has 2 atom stereocenters. The molecule has 0 aliphatic rings. The van der Waals surface area contributed by atoms with Crippen LogP contribution in [0.15, 0.2) is 0 Å². The Morgan fingerprint density at radius 2 is 1.94 bits per heavy atom. The highest BCUT2D eigenvalue weighted by atomic mass is 16.5. The quantitative estimate of drug-likeness (QED) is 0.582. The fraction of sp³-hybridized carbons (Fsp3) is 1.00. The van der Waals surface area contributed by atoms with Gasteiger partial charge < -0.3 is 10.1 Å². The van der Waals surface area contributed by atoms with Gasteiger partial charge in [0.2, 0.25) is 0 Å². The molecule has 0 radical (unpaired) electrons. The van der Waals surface area contributed by atoms with E-state index in [1.807, 2.05) is 0 Å². The average Bonchev–Trinajstić information content (AvgIpc) is 2.30. The summed E-state index contributed by atoms with van der Waals surface area (Å²) >= 11 is 0. The van der Waals surface area contributed by atoms with Crippen molar-refractivity contribution in [3.05, 3.63) is 0 Å². The van der Waals surface area contributed by atoms with Crippen molar-refractivity contribution in [1.82, 2.24) is 10.2 Å². The molecule has 0 aromatic heterocycles. The van der Waals surface area contributed by atoms with Crippen molar-refractivity contribution in [1.29, 1.82) is 0 Å². The highest BCUT2D eigenvalue weighted by molar-refractivity contribution is 4.77. The highest BCUT2D eigenvalue weighted by Crippen LogP contribution is 2.08. The molecule has 0 aliphatic heterocycles. The number of nitrogens with one attached hydrogen (secondary N) is 1. The van der Waals surface area contributed by atoms with Gasteiger partial charge in [-0.3, -0.25) is 4.90 Å². The lowest BCUT2D eigenvalue weighted by atomic mass is 10.1. The number of nitrogens with zero attached hydrogens (tertiary/aromatic N) is 1. The van der Waals surface area contributed by atoms with Crippen LogP contribution in [0.2, 0.25) is 0 Å². The smallest absolute Gasteiger partial charge is 0.0630 e. The van der Waals surface area contributed by atoms with Crippen LogP contribution >= 0.6 is 0 Å². The molecule has 16 heavy (non-hydrogen) atoms. The molecule has 0 saturated carbocycles. The number of hydrogen-bond acceptors (Lipinski definition) is 3. The summed E-state index contributed by atoms with van der Waals surface area (Å²) in [6.07, 6.45) is 2.39. The summed E-state index contributed by atoms with van der Waals surface area (Å²) in [5, 5.41) is 3.49. The van der Waals surface area contributed by atoms with E-state index >= 15 is 0 Å². The Hall–Kier alpha value is -0.120. The molecular weight excluding hydrogens is 200 g/mol. The SMILES string of the molecule is CCCNCC(COC)N(CC)C(C)CC. The molecule has 0 spiro atoms. The van der Waals surface area contributed by atoms with Crippen LogP contribution in [0.5, 0.6) is 0 Å². The third-order valence-corrected chi connectivity index (χ3v) is 3.16. The first-order valence-electron chi connectivity index (χ1n) is 6.66. The molecule has 0 saturated heterocycles. The van der Waals surface area contributed by atoms with Crippen LogP contribution in [-0.4, -0.2) is 50.3 Å². The van der Waals surface area contributed by atoms with Gasteiger partial charge in [0.05, 0.1) is 6.61 Å². The van der Waals surface area contributed by atoms with E-state index in [1.54, 1.807) is 7.11 Å². The van der Waals surface area contributed by atoms with Gasteiger partial charge in [-0.1, -0.05) is 20.8 Å². The molecule has 98 valence electrons. The van der Waals surface area contributed by atoms with E-state index in [0.717, 1.165) is 26.2 Å². The van der Waals surface area contributed by atoms with E-state index < -0.39 is 0 Å². The molecule has 3 heteroatoms. The minimum Gasteiger partial charge on any atom is -0.383 e. The summed E-state index contributed by atoms with van der Waals surface area (Å²) in [5.74, 6) is 0. The Morgan fingerprint density at radius 1 is 1.25 bits per heavy atom. The molecule has 0 aliphatic carbocycles. The van der Waals surface area contributed by atoms with E-state index in [4.69, 9.17) is 4.74 Å². The molecule has 2 unspecified atom stereocenters. The fourth-order valence-corrected chi connectivity index (χ4v) is 2.07. The zero-order valence-electron chi connectivity index (χ0n) is 11.8. The standard InChI is InChI=1S/C13H30N2O/c1-6-9-14-10-13(11-16-5)15(8-3)12(4)7-2/h12-14H,6-11H2,1-5H3. The van der Waals surface area contributed by atoms with Crippen molar-refractivity contribution in [2.45, 2.75) is 52.6 Å². The normalized spacial score (nSPS) is 15.4. The van der Waals surface area contributed by atoms with Crippen LogP contribution < -0.4 is 5.32 Å². The lowest BCUT2D eigenvalue weighted by Gasteiger charge is -2.35. The summed E-state index contributed by atoms with van der Waals surface area (Å²) in [6, 6.07) is 1.13. The Kier molecular flexibility index (Phi) is 9.99. The van der Waals surface area contributed by atoms with E-state index in [1.165, 1.54) is 12.8 Å². The zero-order valence-corrected chi connectivity index (χ0v) is 11.8. The molecule has 0 amide bonds. The molecule has 3 nitrogen and oxygen atoms in total. The Labute approximate surface area is 102 Å². The summed E-state index contributed by atoms with van der Waals surface area (Å²) in [4.78, 5) is 2.53. The Morgan fingerprint density at radius 3 is 2.38 bits per heavy atom. The van der Waals surface area contributed by atoms with Crippen molar-refractivity contribution in [2.24, 2.45) is 0 Å². The van der Waals surface area contributed by atoms with Crippen molar-refractivity contribution >= 4 is 0 Å². The number of hydrogen-bond donors (Lipinski definition) is 1. The average molecular weight is 230 g/mol. The summed E-state index contributed by atoms with van der Waals surface area (Å²) in [7, 11) is 1.79. The minimum absolute atomic E-state index is 0.497. The molecule has 0 fully saturated rings. The lowest BCUT2D eigenvalue weighted by molar-refractivity contribution is 0.0674. The van der Waals surface area contributed by atoms with Crippen molar-refractivity contribution < 1.29 is 4.74 Å². The van der Waals surface area contributed by atoms with E-state index in [-0.39, 0.29) is 0 Å². The van der Waals surface area contributed by atoms with Crippen molar-refractivity contribution in [2.75, 3.05) is 33.4 Å². The van der Waals surface area contributed by atoms with Crippen LogP contribution in [0.25, 0.3) is 0 Å². The van der Waals surface area contributed by atoms with Crippen LogP contribution in [-0.2, 0) is 4.74 Å². The maximum absolute atomic E-state index is 5.33. The number of methoxy groups -OCH3 is 1. The van der Waals surface area contributed by atoms with Gasteiger partial charge in [-0.25, -0.2) is 0 Å². The van der Waals surface area contributed by atoms with Crippen molar-refractivity contribution in [3.8, 4) is 0 Å². The van der Waals surface area contributed by atoms with E-state index in [2.05, 4.69) is 37.9 Å². The van der Waals surface area contributed by atoms with Crippen LogP contribution in [0.4, 0.5) is 0 Å². The molecular formula is C13H30N2O. The second kappa shape index (κ2) is 10.1. The molecule has 0 heterocycles. The monoisotopic (exact) mass is 230 g/mol. The van der Waals surface area contributed by atoms with Gasteiger partial charge in [0.1, 0.15) is 0 Å². The largest absolute Gasteiger partial charge is 0.383 e. The summed E-state index contributed by atoms with van der Waals surface area (Å²) in [5.41, 5.74) is 0. The molecule has 0 rings (SSSR count). The maximum atomic E-state index is 5.33. The van der Waals surface area contributed by atoms with Crippen LogP contribution in [0, 0.1) is 0 Å². The molecule has 0 bridgehead atoms. The molecule has 0 aromatic rings. The van der Waals surface area contributed by atoms with Gasteiger partial charge in [-0.05, 0) is 32.9 Å². The second-order valence-electron chi connectivity index (χ2n) is 4.40. The minimum atomic E-state index is 0.497. The Bertz CT molecular complexity index is 153. The van der Waals surface area contributed by atoms with Gasteiger partial charge in [0.25, 0.3) is 0 Å². The maximum Gasteiger partial charge on any atom is 0.0630 e. The lowest BCUT2D eigenvalue weighted by Crippen LogP contribution is -2.49. The second-order valence-corrected chi connectivity index (χ2v) is 4.40. The van der Waals surface area contributed by atoms with Crippen LogP contribution in [0.3, 0.4) is 0 Å². The Balaban J connectivity index is 4.22. The topological polar surface area (TPSA) is 24.5 Å². The first-order valence-corrected chi connectivity index (χ1v) is 6.66. The number of rotatable bonds is 10. The van der Waals surface area contributed by atoms with E-state index in [0.29, 0.717) is 12.1 Å². The third-order valence-electron chi connectivity index (χ3n) is 3.16. The molecule has 0 aromatic carbocycles. The summed E-state index contributed by atoms with van der Waals surface area (Å²) < 4.78 is 5.33. The van der Waals surface area contributed by atoms with Gasteiger partial charge in [-0.2, -0.15) is 0 Å². The number of ether oxygens (including phenoxy) is 1. The van der Waals surface area contributed by atoms with E-state index in [9.17, 15) is 0 Å². The first kappa shape index (κ1) is 15.9. The van der Waals surface area contributed by atoms with Gasteiger partial charge in [0.15, 0.2) is 0 Å². The zero-order chi connectivity index (χ0) is 12.4. The highest BCUT2D eigenvalue weighted by Gasteiger charge is 2.20.